The molecule has 1 N–H and O–H groups in total. The van der Waals surface area contributed by atoms with Crippen molar-refractivity contribution in [3.05, 3.63) is 24.0 Å². The van der Waals surface area contributed by atoms with Gasteiger partial charge in [-0.1, -0.05) is 13.8 Å². The number of hydrogen-bond donors (Lipinski definition) is 1. The smallest absolute Gasteiger partial charge is 0.0359 e. The van der Waals surface area contributed by atoms with Crippen molar-refractivity contribution in [1.29, 1.82) is 0 Å². The van der Waals surface area contributed by atoms with E-state index in [-0.39, 0.29) is 0 Å². The van der Waals surface area contributed by atoms with Crippen molar-refractivity contribution in [1.82, 2.24) is 14.8 Å². The minimum atomic E-state index is 0.720. The molecule has 1 aliphatic rings. The van der Waals surface area contributed by atoms with Crippen LogP contribution in [-0.4, -0.2) is 35.6 Å². The Kier molecular flexibility index (Phi) is 5.26. The highest BCUT2D eigenvalue weighted by Gasteiger charge is 2.11. The van der Waals surface area contributed by atoms with Crippen molar-refractivity contribution < 1.29 is 0 Å². The molecule has 3 nitrogen and oxygen atoms in total. The molecule has 0 saturated carbocycles. The van der Waals surface area contributed by atoms with Gasteiger partial charge in [-0.15, -0.1) is 0 Å². The molecule has 0 spiro atoms. The van der Waals surface area contributed by atoms with Gasteiger partial charge in [0.25, 0.3) is 0 Å². The second-order valence-corrected chi connectivity index (χ2v) is 5.77. The molecule has 1 aromatic heterocycles. The van der Waals surface area contributed by atoms with Gasteiger partial charge in [-0.2, -0.15) is 0 Å². The van der Waals surface area contributed by atoms with E-state index in [9.17, 15) is 0 Å². The van der Waals surface area contributed by atoms with Crippen LogP contribution in [0.15, 0.2) is 18.3 Å². The first kappa shape index (κ1) is 13.6. The quantitative estimate of drug-likeness (QED) is 0.800. The van der Waals surface area contributed by atoms with Gasteiger partial charge < -0.3 is 14.8 Å². The first-order valence-electron chi connectivity index (χ1n) is 7.33. The summed E-state index contributed by atoms with van der Waals surface area (Å²) in [6.45, 7) is 11.5. The molecular weight excluding hydrogens is 222 g/mol. The summed E-state index contributed by atoms with van der Waals surface area (Å²) in [5, 5.41) is 3.52. The van der Waals surface area contributed by atoms with E-state index in [1.165, 1.54) is 38.2 Å². The summed E-state index contributed by atoms with van der Waals surface area (Å²) in [6, 6.07) is 4.40. The van der Waals surface area contributed by atoms with Crippen LogP contribution in [0.1, 0.15) is 32.4 Å². The van der Waals surface area contributed by atoms with E-state index in [2.05, 4.69) is 47.0 Å². The van der Waals surface area contributed by atoms with Gasteiger partial charge in [0.05, 0.1) is 0 Å². The fourth-order valence-corrected chi connectivity index (χ4v) is 2.57. The molecule has 0 aliphatic carbocycles. The summed E-state index contributed by atoms with van der Waals surface area (Å²) >= 11 is 0. The number of nitrogens with zero attached hydrogens (tertiary/aromatic N) is 2. The van der Waals surface area contributed by atoms with Crippen LogP contribution in [0.25, 0.3) is 0 Å². The Morgan fingerprint density at radius 1 is 1.22 bits per heavy atom. The predicted octanol–water partition coefficient (Wildman–Crippen LogP) is 2.33. The fourth-order valence-electron chi connectivity index (χ4n) is 2.57. The lowest BCUT2D eigenvalue weighted by molar-refractivity contribution is 0.320. The molecule has 2 rings (SSSR count). The Morgan fingerprint density at radius 3 is 2.72 bits per heavy atom. The third kappa shape index (κ3) is 4.14. The summed E-state index contributed by atoms with van der Waals surface area (Å²) in [4.78, 5) is 2.57. The second-order valence-electron chi connectivity index (χ2n) is 5.77. The van der Waals surface area contributed by atoms with E-state index in [4.69, 9.17) is 0 Å². The van der Waals surface area contributed by atoms with E-state index in [0.717, 1.165) is 25.6 Å². The van der Waals surface area contributed by atoms with Crippen LogP contribution in [0.5, 0.6) is 0 Å². The predicted molar refractivity (Wildman–Crippen MR) is 76.7 cm³/mol. The maximum absolute atomic E-state index is 3.52. The molecule has 0 radical (unpaired) electrons. The van der Waals surface area contributed by atoms with Gasteiger partial charge in [0.15, 0.2) is 0 Å². The number of rotatable bonds is 7. The van der Waals surface area contributed by atoms with Crippen molar-refractivity contribution in [3.63, 3.8) is 0 Å². The molecule has 0 aromatic carbocycles. The van der Waals surface area contributed by atoms with Gasteiger partial charge >= 0.3 is 0 Å². The van der Waals surface area contributed by atoms with Crippen LogP contribution < -0.4 is 5.32 Å². The lowest BCUT2D eigenvalue weighted by atomic mass is 10.2. The summed E-state index contributed by atoms with van der Waals surface area (Å²) in [5.41, 5.74) is 1.41. The zero-order chi connectivity index (χ0) is 12.8. The van der Waals surface area contributed by atoms with Crippen molar-refractivity contribution in [2.24, 2.45) is 5.92 Å². The molecule has 0 unspecified atom stereocenters. The monoisotopic (exact) mass is 249 g/mol. The largest absolute Gasteiger partial charge is 0.349 e. The Morgan fingerprint density at radius 2 is 2.00 bits per heavy atom. The zero-order valence-corrected chi connectivity index (χ0v) is 11.9. The fraction of sp³-hybridized carbons (Fsp3) is 0.733. The van der Waals surface area contributed by atoms with Crippen LogP contribution in [0.3, 0.4) is 0 Å². The van der Waals surface area contributed by atoms with Gasteiger partial charge in [-0.05, 0) is 50.5 Å². The molecule has 1 fully saturated rings. The van der Waals surface area contributed by atoms with E-state index in [0.29, 0.717) is 0 Å². The van der Waals surface area contributed by atoms with Crippen LogP contribution in [-0.2, 0) is 13.1 Å². The molecule has 18 heavy (non-hydrogen) atoms. The van der Waals surface area contributed by atoms with Crippen LogP contribution in [0.4, 0.5) is 0 Å². The molecule has 102 valence electrons. The maximum atomic E-state index is 3.52. The summed E-state index contributed by atoms with van der Waals surface area (Å²) in [7, 11) is 0. The van der Waals surface area contributed by atoms with Gasteiger partial charge in [0, 0.05) is 31.5 Å². The molecule has 2 heterocycles. The molecule has 3 heteroatoms. The average Bonchev–Trinajstić information content (AvgIpc) is 2.96. The second kappa shape index (κ2) is 6.95. The van der Waals surface area contributed by atoms with E-state index in [1.54, 1.807) is 0 Å². The highest BCUT2D eigenvalue weighted by molar-refractivity contribution is 5.07. The minimum absolute atomic E-state index is 0.720. The maximum Gasteiger partial charge on any atom is 0.0359 e. The molecule has 1 aliphatic heterocycles. The van der Waals surface area contributed by atoms with Gasteiger partial charge in [0.2, 0.25) is 0 Å². The standard InChI is InChI=1S/C15H27N3/c1-14(2)12-16-13-15-6-5-9-18(15)11-10-17-7-3-4-8-17/h5-6,9,14,16H,3-4,7-8,10-13H2,1-2H3. The molecule has 0 atom stereocenters. The summed E-state index contributed by atoms with van der Waals surface area (Å²) < 4.78 is 2.39. The van der Waals surface area contributed by atoms with Crippen molar-refractivity contribution in [2.45, 2.75) is 39.8 Å². The van der Waals surface area contributed by atoms with Crippen LogP contribution >= 0.6 is 0 Å². The SMILES string of the molecule is CC(C)CNCc1cccn1CCN1CCCC1. The van der Waals surface area contributed by atoms with Crippen LogP contribution in [0, 0.1) is 5.92 Å². The third-order valence-electron chi connectivity index (χ3n) is 3.64. The zero-order valence-electron chi connectivity index (χ0n) is 11.9. The number of hydrogen-bond acceptors (Lipinski definition) is 2. The van der Waals surface area contributed by atoms with Crippen molar-refractivity contribution in [3.8, 4) is 0 Å². The molecule has 1 saturated heterocycles. The lowest BCUT2D eigenvalue weighted by Crippen LogP contribution is -2.26. The average molecular weight is 249 g/mol. The van der Waals surface area contributed by atoms with Crippen LogP contribution in [0.2, 0.25) is 0 Å². The Labute approximate surface area is 111 Å². The highest BCUT2D eigenvalue weighted by Crippen LogP contribution is 2.08. The van der Waals surface area contributed by atoms with Crippen molar-refractivity contribution in [2.75, 3.05) is 26.2 Å². The molecule has 0 bridgehead atoms. The van der Waals surface area contributed by atoms with Gasteiger partial charge in [-0.25, -0.2) is 0 Å². The lowest BCUT2D eigenvalue weighted by Gasteiger charge is -2.17. The first-order chi connectivity index (χ1) is 8.75. The summed E-state index contributed by atoms with van der Waals surface area (Å²) in [6.07, 6.45) is 4.98. The molecular formula is C15H27N3. The Bertz CT molecular complexity index is 337. The third-order valence-corrected chi connectivity index (χ3v) is 3.64. The van der Waals surface area contributed by atoms with Gasteiger partial charge in [0.1, 0.15) is 0 Å². The van der Waals surface area contributed by atoms with E-state index in [1.807, 2.05) is 0 Å². The van der Waals surface area contributed by atoms with E-state index >= 15 is 0 Å². The topological polar surface area (TPSA) is 20.2 Å². The Balaban J connectivity index is 1.75. The highest BCUT2D eigenvalue weighted by atomic mass is 15.2. The summed E-state index contributed by atoms with van der Waals surface area (Å²) in [5.74, 6) is 0.720. The van der Waals surface area contributed by atoms with Gasteiger partial charge in [-0.3, -0.25) is 0 Å². The number of aromatic nitrogens is 1. The van der Waals surface area contributed by atoms with E-state index < -0.39 is 0 Å². The minimum Gasteiger partial charge on any atom is -0.349 e. The normalized spacial score (nSPS) is 16.8. The number of nitrogens with one attached hydrogen (secondary N) is 1. The molecule has 1 aromatic rings. The molecule has 0 amide bonds. The first-order valence-corrected chi connectivity index (χ1v) is 7.33. The van der Waals surface area contributed by atoms with Crippen molar-refractivity contribution >= 4 is 0 Å². The number of likely N-dealkylation sites (tertiary alicyclic amines) is 1. The Hall–Kier alpha value is -0.800.